The van der Waals surface area contributed by atoms with Gasteiger partial charge in [0.05, 0.1) is 0 Å². The van der Waals surface area contributed by atoms with Crippen molar-refractivity contribution in [2.45, 2.75) is 58.8 Å². The van der Waals surface area contributed by atoms with Gasteiger partial charge in [-0.05, 0) is 57.7 Å². The van der Waals surface area contributed by atoms with Gasteiger partial charge in [0, 0.05) is 0 Å². The second-order valence-electron chi connectivity index (χ2n) is 4.55. The van der Waals surface area contributed by atoms with Gasteiger partial charge in [-0.25, -0.2) is 0 Å². The molecule has 1 nitrogen and oxygen atoms in total. The molecule has 0 spiro atoms. The maximum absolute atomic E-state index is 2.63. The lowest BCUT2D eigenvalue weighted by Crippen LogP contribution is -2.22. The number of hydrogen-bond donors (Lipinski definition) is 0. The fourth-order valence-electron chi connectivity index (χ4n) is 2.40. The third-order valence-corrected chi connectivity index (χ3v) is 3.19. The Labute approximate surface area is 89.9 Å². The minimum atomic E-state index is 1.33. The van der Waals surface area contributed by atoms with Crippen molar-refractivity contribution in [3.05, 3.63) is 5.92 Å². The van der Waals surface area contributed by atoms with Crippen LogP contribution in [-0.2, 0) is 0 Å². The summed E-state index contributed by atoms with van der Waals surface area (Å²) in [4.78, 5) is 2.63. The minimum Gasteiger partial charge on any atom is -0.303 e. The predicted molar refractivity (Wildman–Crippen MR) is 63.4 cm³/mol. The standard InChI is InChI=1S/C13H26N/c1-3-7-13(8-4-2)9-12-14-10-5-6-11-14/h3-12H2,1-2H3. The zero-order valence-corrected chi connectivity index (χ0v) is 10.0. The number of likely N-dealkylation sites (tertiary alicyclic amines) is 1. The van der Waals surface area contributed by atoms with Gasteiger partial charge in [-0.15, -0.1) is 0 Å². The monoisotopic (exact) mass is 196 g/mol. The van der Waals surface area contributed by atoms with E-state index in [-0.39, 0.29) is 0 Å². The molecule has 1 rings (SSSR count). The maximum Gasteiger partial charge on any atom is -0.00132 e. The molecule has 0 aromatic rings. The van der Waals surface area contributed by atoms with Crippen molar-refractivity contribution in [1.82, 2.24) is 4.90 Å². The molecule has 83 valence electrons. The summed E-state index contributed by atoms with van der Waals surface area (Å²) in [7, 11) is 0. The third-order valence-electron chi connectivity index (χ3n) is 3.19. The Kier molecular flexibility index (Phi) is 6.25. The smallest absolute Gasteiger partial charge is 0.00132 e. The Hall–Kier alpha value is -0.0400. The fraction of sp³-hybridized carbons (Fsp3) is 0.923. The van der Waals surface area contributed by atoms with Crippen LogP contribution in [-0.4, -0.2) is 24.5 Å². The van der Waals surface area contributed by atoms with E-state index < -0.39 is 0 Å². The first kappa shape index (κ1) is 12.0. The van der Waals surface area contributed by atoms with Crippen molar-refractivity contribution in [3.8, 4) is 0 Å². The third kappa shape index (κ3) is 4.45. The zero-order chi connectivity index (χ0) is 10.2. The summed E-state index contributed by atoms with van der Waals surface area (Å²) in [6.45, 7) is 8.63. The average molecular weight is 196 g/mol. The molecule has 1 heterocycles. The first-order valence-corrected chi connectivity index (χ1v) is 6.42. The molecule has 1 fully saturated rings. The van der Waals surface area contributed by atoms with E-state index in [1.165, 1.54) is 64.6 Å². The van der Waals surface area contributed by atoms with Crippen molar-refractivity contribution in [1.29, 1.82) is 0 Å². The second kappa shape index (κ2) is 7.28. The van der Waals surface area contributed by atoms with Crippen LogP contribution >= 0.6 is 0 Å². The lowest BCUT2D eigenvalue weighted by Gasteiger charge is -2.19. The van der Waals surface area contributed by atoms with E-state index in [9.17, 15) is 0 Å². The highest BCUT2D eigenvalue weighted by atomic mass is 15.1. The number of nitrogens with zero attached hydrogens (tertiary/aromatic N) is 1. The molecule has 0 unspecified atom stereocenters. The van der Waals surface area contributed by atoms with E-state index in [4.69, 9.17) is 0 Å². The first-order chi connectivity index (χ1) is 6.86. The highest BCUT2D eigenvalue weighted by Crippen LogP contribution is 2.21. The molecule has 0 aromatic heterocycles. The van der Waals surface area contributed by atoms with Crippen LogP contribution in [0.2, 0.25) is 0 Å². The molecule has 0 amide bonds. The summed E-state index contributed by atoms with van der Waals surface area (Å²) in [6, 6.07) is 0. The van der Waals surface area contributed by atoms with Crippen molar-refractivity contribution < 1.29 is 0 Å². The summed E-state index contributed by atoms with van der Waals surface area (Å²) in [6.07, 6.45) is 9.60. The van der Waals surface area contributed by atoms with Crippen LogP contribution in [0.4, 0.5) is 0 Å². The molecule has 1 aliphatic heterocycles. The van der Waals surface area contributed by atoms with E-state index in [0.29, 0.717) is 0 Å². The van der Waals surface area contributed by atoms with Crippen LogP contribution in [0.3, 0.4) is 0 Å². The second-order valence-corrected chi connectivity index (χ2v) is 4.55. The van der Waals surface area contributed by atoms with E-state index in [0.717, 1.165) is 0 Å². The van der Waals surface area contributed by atoms with Gasteiger partial charge in [-0.2, -0.15) is 0 Å². The van der Waals surface area contributed by atoms with Gasteiger partial charge in [0.15, 0.2) is 0 Å². The van der Waals surface area contributed by atoms with Gasteiger partial charge < -0.3 is 4.90 Å². The van der Waals surface area contributed by atoms with Crippen LogP contribution in [0, 0.1) is 5.92 Å². The molecular formula is C13H26N. The quantitative estimate of drug-likeness (QED) is 0.601. The van der Waals surface area contributed by atoms with Gasteiger partial charge in [-0.3, -0.25) is 0 Å². The molecule has 0 bridgehead atoms. The van der Waals surface area contributed by atoms with Crippen LogP contribution in [0.25, 0.3) is 0 Å². The summed E-state index contributed by atoms with van der Waals surface area (Å²) in [5.74, 6) is 1.81. The van der Waals surface area contributed by atoms with E-state index in [2.05, 4.69) is 18.7 Å². The van der Waals surface area contributed by atoms with E-state index in [1.54, 1.807) is 0 Å². The summed E-state index contributed by atoms with van der Waals surface area (Å²) >= 11 is 0. The maximum atomic E-state index is 2.63. The molecule has 14 heavy (non-hydrogen) atoms. The Morgan fingerprint density at radius 3 is 2.00 bits per heavy atom. The molecular weight excluding hydrogens is 170 g/mol. The molecule has 0 atom stereocenters. The molecule has 0 aromatic carbocycles. The predicted octanol–water partition coefficient (Wildman–Crippen LogP) is 3.65. The molecule has 1 aliphatic rings. The topological polar surface area (TPSA) is 3.24 Å². The van der Waals surface area contributed by atoms with Gasteiger partial charge in [0.1, 0.15) is 0 Å². The largest absolute Gasteiger partial charge is 0.303 e. The lowest BCUT2D eigenvalue weighted by molar-refractivity contribution is 0.331. The molecule has 0 aliphatic carbocycles. The van der Waals surface area contributed by atoms with Crippen molar-refractivity contribution in [2.24, 2.45) is 0 Å². The summed E-state index contributed by atoms with van der Waals surface area (Å²) in [5.41, 5.74) is 0. The molecule has 0 N–H and O–H groups in total. The van der Waals surface area contributed by atoms with Gasteiger partial charge >= 0.3 is 0 Å². The highest BCUT2D eigenvalue weighted by Gasteiger charge is 2.14. The normalized spacial score (nSPS) is 18.2. The van der Waals surface area contributed by atoms with Crippen LogP contribution in [0.5, 0.6) is 0 Å². The van der Waals surface area contributed by atoms with Crippen molar-refractivity contribution in [3.63, 3.8) is 0 Å². The zero-order valence-electron chi connectivity index (χ0n) is 10.0. The number of rotatable bonds is 7. The number of hydrogen-bond acceptors (Lipinski definition) is 1. The highest BCUT2D eigenvalue weighted by molar-refractivity contribution is 4.89. The Balaban J connectivity index is 2.10. The van der Waals surface area contributed by atoms with Gasteiger partial charge in [-0.1, -0.05) is 26.7 Å². The van der Waals surface area contributed by atoms with Crippen LogP contribution in [0.1, 0.15) is 58.8 Å². The summed E-state index contributed by atoms with van der Waals surface area (Å²) in [5, 5.41) is 0. The SMILES string of the molecule is CCC[C](CCC)CCN1CCCC1. The Bertz CT molecular complexity index is 121. The van der Waals surface area contributed by atoms with Crippen molar-refractivity contribution in [2.75, 3.05) is 19.6 Å². The van der Waals surface area contributed by atoms with E-state index >= 15 is 0 Å². The molecule has 1 radical (unpaired) electrons. The van der Waals surface area contributed by atoms with Crippen molar-refractivity contribution >= 4 is 0 Å². The van der Waals surface area contributed by atoms with Crippen LogP contribution < -0.4 is 0 Å². The first-order valence-electron chi connectivity index (χ1n) is 6.42. The Morgan fingerprint density at radius 1 is 0.929 bits per heavy atom. The van der Waals surface area contributed by atoms with Gasteiger partial charge in [0.25, 0.3) is 0 Å². The lowest BCUT2D eigenvalue weighted by atomic mass is 9.95. The molecule has 0 saturated carbocycles. The van der Waals surface area contributed by atoms with Gasteiger partial charge in [0.2, 0.25) is 0 Å². The fourth-order valence-corrected chi connectivity index (χ4v) is 2.40. The minimum absolute atomic E-state index is 1.33. The molecule has 1 heteroatoms. The van der Waals surface area contributed by atoms with E-state index in [1.807, 2.05) is 5.92 Å². The Morgan fingerprint density at radius 2 is 1.50 bits per heavy atom. The molecule has 1 saturated heterocycles. The van der Waals surface area contributed by atoms with Crippen LogP contribution in [0.15, 0.2) is 0 Å². The average Bonchev–Trinajstić information content (AvgIpc) is 2.67. The summed E-state index contributed by atoms with van der Waals surface area (Å²) < 4.78 is 0.